The second kappa shape index (κ2) is 5.86. The summed E-state index contributed by atoms with van der Waals surface area (Å²) < 4.78 is 0. The van der Waals surface area contributed by atoms with Gasteiger partial charge in [-0.2, -0.15) is 0 Å². The maximum Gasteiger partial charge on any atom is 0.276 e. The van der Waals surface area contributed by atoms with Crippen molar-refractivity contribution in [2.24, 2.45) is 0 Å². The highest BCUT2D eigenvalue weighted by atomic mass is 16.6. The van der Waals surface area contributed by atoms with E-state index < -0.39 is 4.92 Å². The molecule has 19 heavy (non-hydrogen) atoms. The summed E-state index contributed by atoms with van der Waals surface area (Å²) in [6.45, 7) is 2.84. The van der Waals surface area contributed by atoms with Gasteiger partial charge in [0, 0.05) is 12.6 Å². The van der Waals surface area contributed by atoms with Crippen LogP contribution in [0.4, 0.5) is 17.3 Å². The molecule has 1 fully saturated rings. The van der Waals surface area contributed by atoms with Gasteiger partial charge >= 0.3 is 0 Å². The van der Waals surface area contributed by atoms with Crippen molar-refractivity contribution >= 4 is 17.3 Å². The van der Waals surface area contributed by atoms with Crippen molar-refractivity contribution < 1.29 is 4.92 Å². The average molecular weight is 264 g/mol. The predicted molar refractivity (Wildman–Crippen MR) is 75.2 cm³/mol. The number of anilines is 2. The molecule has 0 atom stereocenters. The van der Waals surface area contributed by atoms with E-state index in [4.69, 9.17) is 5.73 Å². The largest absolute Gasteiger partial charge is 0.383 e. The quantitative estimate of drug-likeness (QED) is 0.667. The first-order chi connectivity index (χ1) is 9.11. The van der Waals surface area contributed by atoms with Gasteiger partial charge in [-0.15, -0.1) is 0 Å². The summed E-state index contributed by atoms with van der Waals surface area (Å²) in [4.78, 5) is 16.9. The van der Waals surface area contributed by atoms with Gasteiger partial charge in [0.15, 0.2) is 0 Å². The maximum atomic E-state index is 10.9. The van der Waals surface area contributed by atoms with Crippen LogP contribution >= 0.6 is 0 Å². The van der Waals surface area contributed by atoms with Crippen LogP contribution in [0.25, 0.3) is 0 Å². The molecule has 0 aliphatic heterocycles. The third kappa shape index (κ3) is 3.13. The normalized spacial score (nSPS) is 16.3. The highest BCUT2D eigenvalue weighted by molar-refractivity contribution is 5.54. The van der Waals surface area contributed by atoms with Gasteiger partial charge in [0.1, 0.15) is 11.6 Å². The van der Waals surface area contributed by atoms with Crippen molar-refractivity contribution in [3.05, 3.63) is 22.2 Å². The Labute approximate surface area is 112 Å². The molecule has 6 heteroatoms. The van der Waals surface area contributed by atoms with Crippen molar-refractivity contribution in [1.29, 1.82) is 0 Å². The lowest BCUT2D eigenvalue weighted by molar-refractivity contribution is -0.384. The lowest BCUT2D eigenvalue weighted by Crippen LogP contribution is -2.37. The number of nitrogen functional groups attached to an aromatic ring is 1. The van der Waals surface area contributed by atoms with Gasteiger partial charge < -0.3 is 10.6 Å². The minimum atomic E-state index is -0.420. The van der Waals surface area contributed by atoms with E-state index in [-0.39, 0.29) is 11.5 Å². The van der Waals surface area contributed by atoms with E-state index in [1.807, 2.05) is 6.92 Å². The lowest BCUT2D eigenvalue weighted by Gasteiger charge is -2.34. The average Bonchev–Trinajstić information content (AvgIpc) is 2.40. The lowest BCUT2D eigenvalue weighted by atomic mass is 9.94. The monoisotopic (exact) mass is 264 g/mol. The number of aromatic nitrogens is 1. The van der Waals surface area contributed by atoms with E-state index >= 15 is 0 Å². The molecule has 1 aliphatic rings. The second-order valence-electron chi connectivity index (χ2n) is 4.94. The number of hydrogen-bond donors (Lipinski definition) is 1. The fourth-order valence-electron chi connectivity index (χ4n) is 2.77. The van der Waals surface area contributed by atoms with Crippen molar-refractivity contribution in [3.8, 4) is 0 Å². The first kappa shape index (κ1) is 13.6. The van der Waals surface area contributed by atoms with Crippen molar-refractivity contribution in [2.45, 2.75) is 45.1 Å². The maximum absolute atomic E-state index is 10.9. The molecular weight excluding hydrogens is 244 g/mol. The van der Waals surface area contributed by atoms with Crippen LogP contribution in [-0.2, 0) is 0 Å². The third-order valence-corrected chi connectivity index (χ3v) is 3.68. The Kier molecular flexibility index (Phi) is 4.19. The van der Waals surface area contributed by atoms with Crippen LogP contribution in [0.2, 0.25) is 0 Å². The van der Waals surface area contributed by atoms with E-state index in [1.165, 1.54) is 31.4 Å². The minimum Gasteiger partial charge on any atom is -0.383 e. The summed E-state index contributed by atoms with van der Waals surface area (Å²) in [7, 11) is 0. The highest BCUT2D eigenvalue weighted by Crippen LogP contribution is 2.28. The summed E-state index contributed by atoms with van der Waals surface area (Å²) in [5.74, 6) is 0.833. The smallest absolute Gasteiger partial charge is 0.276 e. The van der Waals surface area contributed by atoms with Crippen LogP contribution in [0.5, 0.6) is 0 Å². The standard InChI is InChI=1S/C13H20N4O2/c1-2-16(10-6-4-3-5-7-10)13-9-11(17(18)19)8-12(14)15-13/h8-10H,2-7H2,1H3,(H2,14,15). The van der Waals surface area contributed by atoms with Gasteiger partial charge in [-0.05, 0) is 19.8 Å². The SMILES string of the molecule is CCN(c1cc([N+](=O)[O-])cc(N)n1)C1CCCCC1. The summed E-state index contributed by atoms with van der Waals surface area (Å²) in [5.41, 5.74) is 5.69. The van der Waals surface area contributed by atoms with E-state index in [1.54, 1.807) is 0 Å². The van der Waals surface area contributed by atoms with Gasteiger partial charge in [0.25, 0.3) is 5.69 Å². The molecule has 1 aromatic rings. The molecule has 2 N–H and O–H groups in total. The molecule has 0 radical (unpaired) electrons. The van der Waals surface area contributed by atoms with Gasteiger partial charge in [-0.25, -0.2) is 4.98 Å². The van der Waals surface area contributed by atoms with Crippen LogP contribution in [0.3, 0.4) is 0 Å². The molecule has 1 aromatic heterocycles. The van der Waals surface area contributed by atoms with Gasteiger partial charge in [0.05, 0.1) is 17.1 Å². The molecule has 2 rings (SSSR count). The zero-order chi connectivity index (χ0) is 13.8. The molecule has 0 aromatic carbocycles. The van der Waals surface area contributed by atoms with Crippen LogP contribution in [0.1, 0.15) is 39.0 Å². The van der Waals surface area contributed by atoms with E-state index in [0.717, 1.165) is 19.4 Å². The summed E-state index contributed by atoms with van der Waals surface area (Å²) >= 11 is 0. The molecule has 0 unspecified atom stereocenters. The predicted octanol–water partition coefficient (Wildman–Crippen LogP) is 2.73. The molecule has 0 amide bonds. The number of nitrogens with two attached hydrogens (primary N) is 1. The molecule has 104 valence electrons. The molecule has 0 bridgehead atoms. The van der Waals surface area contributed by atoms with Crippen LogP contribution in [0.15, 0.2) is 12.1 Å². The Hall–Kier alpha value is -1.85. The number of nitrogens with zero attached hydrogens (tertiary/aromatic N) is 3. The van der Waals surface area contributed by atoms with E-state index in [9.17, 15) is 10.1 Å². The van der Waals surface area contributed by atoms with Crippen molar-refractivity contribution in [1.82, 2.24) is 4.98 Å². The van der Waals surface area contributed by atoms with Crippen LogP contribution in [0, 0.1) is 10.1 Å². The Morgan fingerprint density at radius 3 is 2.68 bits per heavy atom. The summed E-state index contributed by atoms with van der Waals surface area (Å²) in [6.07, 6.45) is 5.95. The number of rotatable bonds is 4. The van der Waals surface area contributed by atoms with Gasteiger partial charge in [-0.3, -0.25) is 10.1 Å². The van der Waals surface area contributed by atoms with Gasteiger partial charge in [0.2, 0.25) is 0 Å². The number of pyridine rings is 1. The Balaban J connectivity index is 2.28. The zero-order valence-corrected chi connectivity index (χ0v) is 11.2. The van der Waals surface area contributed by atoms with Crippen LogP contribution in [-0.4, -0.2) is 22.5 Å². The van der Waals surface area contributed by atoms with E-state index in [2.05, 4.69) is 9.88 Å². The topological polar surface area (TPSA) is 85.3 Å². The molecule has 1 saturated carbocycles. The molecule has 1 aliphatic carbocycles. The first-order valence-electron chi connectivity index (χ1n) is 6.80. The van der Waals surface area contributed by atoms with Crippen LogP contribution < -0.4 is 10.6 Å². The van der Waals surface area contributed by atoms with Crippen molar-refractivity contribution in [3.63, 3.8) is 0 Å². The molecule has 0 saturated heterocycles. The number of hydrogen-bond acceptors (Lipinski definition) is 5. The Morgan fingerprint density at radius 1 is 1.42 bits per heavy atom. The fraction of sp³-hybridized carbons (Fsp3) is 0.615. The fourth-order valence-corrected chi connectivity index (χ4v) is 2.77. The minimum absolute atomic E-state index is 0.0109. The molecule has 0 spiro atoms. The number of nitro groups is 1. The Bertz CT molecular complexity index is 458. The second-order valence-corrected chi connectivity index (χ2v) is 4.94. The molecular formula is C13H20N4O2. The molecule has 6 nitrogen and oxygen atoms in total. The zero-order valence-electron chi connectivity index (χ0n) is 11.2. The summed E-state index contributed by atoms with van der Waals surface area (Å²) in [5, 5.41) is 10.9. The first-order valence-corrected chi connectivity index (χ1v) is 6.80. The van der Waals surface area contributed by atoms with Crippen molar-refractivity contribution in [2.75, 3.05) is 17.2 Å². The van der Waals surface area contributed by atoms with E-state index in [0.29, 0.717) is 11.9 Å². The molecule has 1 heterocycles. The Morgan fingerprint density at radius 2 is 2.11 bits per heavy atom. The highest BCUT2D eigenvalue weighted by Gasteiger charge is 2.23. The summed E-state index contributed by atoms with van der Waals surface area (Å²) in [6, 6.07) is 3.25. The van der Waals surface area contributed by atoms with Gasteiger partial charge in [-0.1, -0.05) is 19.3 Å². The third-order valence-electron chi connectivity index (χ3n) is 3.68.